The lowest BCUT2D eigenvalue weighted by Gasteiger charge is -2.02. The number of sulfone groups is 1. The fourth-order valence-electron chi connectivity index (χ4n) is 0.438. The first-order valence-electron chi connectivity index (χ1n) is 3.47. The minimum Gasteiger partial charge on any atom is -0.214 e. The van der Waals surface area contributed by atoms with Crippen LogP contribution in [0.2, 0.25) is 19.6 Å². The van der Waals surface area contributed by atoms with E-state index in [0.29, 0.717) is 0 Å². The molecule has 2 nitrogen and oxygen atoms in total. The molecule has 0 saturated heterocycles. The Morgan fingerprint density at radius 1 is 1.33 bits per heavy atom. The molecule has 66 valence electrons. The standard InChI is InChI=1S/C8H12O2SSi/c1-5-11(9,10)7-6-8-12(2,3)4/h1H,7H2,2-4H3. The molecule has 0 aromatic heterocycles. The average Bonchev–Trinajstić information content (AvgIpc) is 1.84. The minimum atomic E-state index is -3.37. The monoisotopic (exact) mass is 200 g/mol. The van der Waals surface area contributed by atoms with Gasteiger partial charge >= 0.3 is 0 Å². The normalized spacial score (nSPS) is 11.2. The lowest BCUT2D eigenvalue weighted by atomic mass is 10.8. The molecule has 0 saturated carbocycles. The number of rotatable bonds is 1. The molecular weight excluding hydrogens is 188 g/mol. The van der Waals surface area contributed by atoms with Gasteiger partial charge < -0.3 is 0 Å². The third kappa shape index (κ3) is 6.03. The van der Waals surface area contributed by atoms with Crippen molar-refractivity contribution in [2.45, 2.75) is 19.6 Å². The molecule has 0 aromatic rings. The fraction of sp³-hybridized carbons (Fsp3) is 0.500. The van der Waals surface area contributed by atoms with Crippen LogP contribution in [0.3, 0.4) is 0 Å². The first kappa shape index (κ1) is 11.3. The summed E-state index contributed by atoms with van der Waals surface area (Å²) in [7, 11) is -4.83. The first-order chi connectivity index (χ1) is 5.27. The zero-order valence-electron chi connectivity index (χ0n) is 7.51. The lowest BCUT2D eigenvalue weighted by Crippen LogP contribution is -2.17. The van der Waals surface area contributed by atoms with Gasteiger partial charge in [0.1, 0.15) is 13.8 Å². The summed E-state index contributed by atoms with van der Waals surface area (Å²) in [4.78, 5) is 0. The second-order valence-electron chi connectivity index (χ2n) is 3.43. The molecule has 0 unspecified atom stereocenters. The van der Waals surface area contributed by atoms with Gasteiger partial charge in [-0.3, -0.25) is 0 Å². The van der Waals surface area contributed by atoms with Crippen molar-refractivity contribution >= 4 is 17.9 Å². The Morgan fingerprint density at radius 3 is 2.17 bits per heavy atom. The van der Waals surface area contributed by atoms with E-state index >= 15 is 0 Å². The van der Waals surface area contributed by atoms with Gasteiger partial charge in [0.15, 0.2) is 0 Å². The van der Waals surface area contributed by atoms with Gasteiger partial charge in [0.05, 0.1) is 0 Å². The van der Waals surface area contributed by atoms with Crippen LogP contribution in [0.1, 0.15) is 0 Å². The van der Waals surface area contributed by atoms with Crippen molar-refractivity contribution in [2.24, 2.45) is 0 Å². The van der Waals surface area contributed by atoms with Crippen molar-refractivity contribution in [1.82, 2.24) is 0 Å². The van der Waals surface area contributed by atoms with E-state index in [1.807, 2.05) is 19.6 Å². The summed E-state index contributed by atoms with van der Waals surface area (Å²) in [5, 5.41) is 1.71. The Morgan fingerprint density at radius 2 is 1.83 bits per heavy atom. The zero-order chi connectivity index (χ0) is 9.83. The predicted molar refractivity (Wildman–Crippen MR) is 53.7 cm³/mol. The Labute approximate surface area is 75.3 Å². The molecule has 0 amide bonds. The first-order valence-corrected chi connectivity index (χ1v) is 8.62. The van der Waals surface area contributed by atoms with Crippen molar-refractivity contribution in [3.05, 3.63) is 0 Å². The molecule has 12 heavy (non-hydrogen) atoms. The smallest absolute Gasteiger partial charge is 0.214 e. The molecule has 0 heterocycles. The topological polar surface area (TPSA) is 34.1 Å². The number of terminal acetylenes is 1. The molecule has 0 aromatic carbocycles. The molecule has 0 bridgehead atoms. The van der Waals surface area contributed by atoms with Gasteiger partial charge in [-0.15, -0.1) is 12.0 Å². The van der Waals surface area contributed by atoms with Crippen LogP contribution >= 0.6 is 0 Å². The molecule has 0 aliphatic carbocycles. The van der Waals surface area contributed by atoms with E-state index < -0.39 is 17.9 Å². The van der Waals surface area contributed by atoms with Gasteiger partial charge in [-0.25, -0.2) is 8.42 Å². The molecule has 0 aliphatic rings. The fourth-order valence-corrected chi connectivity index (χ4v) is 1.53. The third-order valence-electron chi connectivity index (χ3n) is 0.905. The molecule has 4 heteroatoms. The van der Waals surface area contributed by atoms with E-state index in [9.17, 15) is 8.42 Å². The van der Waals surface area contributed by atoms with Gasteiger partial charge in [-0.2, -0.15) is 0 Å². The highest BCUT2D eigenvalue weighted by Crippen LogP contribution is 1.96. The van der Waals surface area contributed by atoms with Crippen LogP contribution in [0.4, 0.5) is 0 Å². The summed E-state index contributed by atoms with van der Waals surface area (Å²) in [6, 6.07) is 0. The van der Waals surface area contributed by atoms with Gasteiger partial charge in [-0.05, 0) is 0 Å². The van der Waals surface area contributed by atoms with E-state index in [4.69, 9.17) is 6.42 Å². The summed E-state index contributed by atoms with van der Waals surface area (Å²) >= 11 is 0. The Kier molecular flexibility index (Phi) is 3.57. The van der Waals surface area contributed by atoms with Gasteiger partial charge in [-0.1, -0.05) is 25.6 Å². The number of hydrogen-bond acceptors (Lipinski definition) is 2. The van der Waals surface area contributed by atoms with E-state index in [1.165, 1.54) is 0 Å². The van der Waals surface area contributed by atoms with Crippen molar-refractivity contribution in [1.29, 1.82) is 0 Å². The highest BCUT2D eigenvalue weighted by atomic mass is 32.2. The van der Waals surface area contributed by atoms with Crippen molar-refractivity contribution in [3.63, 3.8) is 0 Å². The summed E-state index contributed by atoms with van der Waals surface area (Å²) in [6.07, 6.45) is 4.76. The maximum Gasteiger partial charge on any atom is 0.227 e. The molecule has 0 atom stereocenters. The molecular formula is C8H12O2SSi. The Bertz CT molecular complexity index is 343. The summed E-state index contributed by atoms with van der Waals surface area (Å²) < 4.78 is 21.5. The SMILES string of the molecule is C#CS(=O)(=O)CC#C[Si](C)(C)C. The second-order valence-corrected chi connectivity index (χ2v) is 9.93. The van der Waals surface area contributed by atoms with Crippen LogP contribution in [0, 0.1) is 23.1 Å². The van der Waals surface area contributed by atoms with Crippen LogP contribution < -0.4 is 0 Å². The lowest BCUT2D eigenvalue weighted by molar-refractivity contribution is 0.609. The van der Waals surface area contributed by atoms with E-state index in [0.717, 1.165) is 0 Å². The summed E-state index contributed by atoms with van der Waals surface area (Å²) in [5.74, 6) is 2.38. The van der Waals surface area contributed by atoms with E-state index in [1.54, 1.807) is 5.25 Å². The summed E-state index contributed by atoms with van der Waals surface area (Å²) in [5.41, 5.74) is 2.93. The predicted octanol–water partition coefficient (Wildman–Crippen LogP) is 0.873. The third-order valence-corrected chi connectivity index (χ3v) is 2.72. The van der Waals surface area contributed by atoms with Crippen LogP contribution in [-0.4, -0.2) is 22.2 Å². The van der Waals surface area contributed by atoms with Crippen LogP contribution in [-0.2, 0) is 9.84 Å². The van der Waals surface area contributed by atoms with Gasteiger partial charge in [0.25, 0.3) is 0 Å². The highest BCUT2D eigenvalue weighted by Gasteiger charge is 2.08. The Balaban J connectivity index is 4.36. The molecule has 0 rings (SSSR count). The largest absolute Gasteiger partial charge is 0.227 e. The number of hydrogen-bond donors (Lipinski definition) is 0. The minimum absolute atomic E-state index is 0.215. The highest BCUT2D eigenvalue weighted by molar-refractivity contribution is 7.96. The van der Waals surface area contributed by atoms with Crippen molar-refractivity contribution < 1.29 is 8.42 Å². The molecule has 0 aliphatic heterocycles. The van der Waals surface area contributed by atoms with Gasteiger partial charge in [0.2, 0.25) is 9.84 Å². The van der Waals surface area contributed by atoms with Crippen molar-refractivity contribution in [3.8, 4) is 23.1 Å². The molecule has 0 N–H and O–H groups in total. The summed E-state index contributed by atoms with van der Waals surface area (Å²) in [6.45, 7) is 6.13. The molecule has 0 fully saturated rings. The molecule has 0 radical (unpaired) electrons. The quantitative estimate of drug-likeness (QED) is 0.358. The van der Waals surface area contributed by atoms with Gasteiger partial charge in [0, 0.05) is 5.25 Å². The van der Waals surface area contributed by atoms with E-state index in [2.05, 4.69) is 11.5 Å². The Hall–Kier alpha value is -0.713. The maximum atomic E-state index is 10.8. The average molecular weight is 200 g/mol. The van der Waals surface area contributed by atoms with Crippen LogP contribution in [0.5, 0.6) is 0 Å². The molecule has 0 spiro atoms. The maximum absolute atomic E-state index is 10.8. The van der Waals surface area contributed by atoms with Crippen LogP contribution in [0.25, 0.3) is 0 Å². The second kappa shape index (κ2) is 3.80. The van der Waals surface area contributed by atoms with Crippen molar-refractivity contribution in [2.75, 3.05) is 5.75 Å². The van der Waals surface area contributed by atoms with E-state index in [-0.39, 0.29) is 5.75 Å². The zero-order valence-corrected chi connectivity index (χ0v) is 9.33. The van der Waals surface area contributed by atoms with Crippen LogP contribution in [0.15, 0.2) is 0 Å².